The molecule has 0 saturated carbocycles. The lowest BCUT2D eigenvalue weighted by molar-refractivity contribution is 0.0997. The summed E-state index contributed by atoms with van der Waals surface area (Å²) in [6.07, 6.45) is 1.47. The molecule has 1 aromatic heterocycles. The van der Waals surface area contributed by atoms with E-state index >= 15 is 0 Å². The van der Waals surface area contributed by atoms with E-state index in [1.165, 1.54) is 12.1 Å². The van der Waals surface area contributed by atoms with Crippen LogP contribution in [0.5, 0.6) is 0 Å². The van der Waals surface area contributed by atoms with Crippen LogP contribution in [0.25, 0.3) is 0 Å². The summed E-state index contributed by atoms with van der Waals surface area (Å²) in [5.41, 5.74) is 1.75. The van der Waals surface area contributed by atoms with Crippen molar-refractivity contribution in [1.82, 2.24) is 0 Å². The molecule has 0 aliphatic heterocycles. The Morgan fingerprint density at radius 1 is 1.32 bits per heavy atom. The van der Waals surface area contributed by atoms with E-state index in [2.05, 4.69) is 5.32 Å². The molecular formula is C14H14ClNO3. The summed E-state index contributed by atoms with van der Waals surface area (Å²) in [6.45, 7) is 0.154. The number of carbonyl (C=O) groups excluding carboxylic acids is 1. The zero-order chi connectivity index (χ0) is 13.7. The average molecular weight is 280 g/mol. The summed E-state index contributed by atoms with van der Waals surface area (Å²) >= 11 is 5.62. The van der Waals surface area contributed by atoms with Gasteiger partial charge in [-0.2, -0.15) is 0 Å². The second-order valence-electron chi connectivity index (χ2n) is 4.09. The van der Waals surface area contributed by atoms with Crippen LogP contribution in [0.1, 0.15) is 22.5 Å². The van der Waals surface area contributed by atoms with Gasteiger partial charge in [-0.1, -0.05) is 12.1 Å². The zero-order valence-corrected chi connectivity index (χ0v) is 11.0. The first kappa shape index (κ1) is 13.6. The maximum atomic E-state index is 11.8. The highest BCUT2D eigenvalue weighted by atomic mass is 35.5. The maximum Gasteiger partial charge on any atom is 0.291 e. The Labute approximate surface area is 116 Å². The molecule has 0 bridgehead atoms. The fraction of sp³-hybridized carbons (Fsp3) is 0.214. The number of nitrogens with one attached hydrogen (secondary N) is 1. The Morgan fingerprint density at radius 3 is 2.84 bits per heavy atom. The van der Waals surface area contributed by atoms with Crippen molar-refractivity contribution < 1.29 is 14.3 Å². The minimum atomic E-state index is -0.341. The number of benzene rings is 1. The van der Waals surface area contributed by atoms with E-state index in [1.54, 1.807) is 6.07 Å². The molecule has 1 heterocycles. The van der Waals surface area contributed by atoms with Gasteiger partial charge < -0.3 is 14.8 Å². The second kappa shape index (κ2) is 6.41. The normalized spacial score (nSPS) is 10.4. The number of rotatable bonds is 5. The number of carbonyl (C=O) groups is 1. The molecule has 2 N–H and O–H groups in total. The second-order valence-corrected chi connectivity index (χ2v) is 4.46. The van der Waals surface area contributed by atoms with Gasteiger partial charge in [-0.15, -0.1) is 0 Å². The number of hydrogen-bond acceptors (Lipinski definition) is 3. The quantitative estimate of drug-likeness (QED) is 0.884. The summed E-state index contributed by atoms with van der Waals surface area (Å²) in [5, 5.41) is 11.7. The molecule has 0 saturated heterocycles. The molecule has 5 heteroatoms. The van der Waals surface area contributed by atoms with E-state index in [1.807, 2.05) is 18.2 Å². The van der Waals surface area contributed by atoms with Gasteiger partial charge in [0.1, 0.15) is 0 Å². The number of aryl methyl sites for hydroxylation is 1. The molecule has 2 aromatic rings. The molecule has 0 unspecified atom stereocenters. The average Bonchev–Trinajstić information content (AvgIpc) is 2.83. The molecule has 2 rings (SSSR count). The van der Waals surface area contributed by atoms with E-state index < -0.39 is 0 Å². The van der Waals surface area contributed by atoms with Gasteiger partial charge in [-0.05, 0) is 54.3 Å². The first-order valence-corrected chi connectivity index (χ1v) is 6.33. The van der Waals surface area contributed by atoms with Crippen molar-refractivity contribution in [3.8, 4) is 0 Å². The Hall–Kier alpha value is -1.78. The van der Waals surface area contributed by atoms with Gasteiger partial charge in [-0.3, -0.25) is 4.79 Å². The lowest BCUT2D eigenvalue weighted by Gasteiger charge is -2.05. The van der Waals surface area contributed by atoms with E-state index in [4.69, 9.17) is 21.1 Å². The SMILES string of the molecule is O=C(Nc1cccc(CCCO)c1)c1ccc(Cl)o1. The van der Waals surface area contributed by atoms with Crippen molar-refractivity contribution in [3.63, 3.8) is 0 Å². The standard InChI is InChI=1S/C14H14ClNO3/c15-13-7-6-12(19-13)14(18)16-11-5-1-3-10(9-11)4-2-8-17/h1,3,5-7,9,17H,2,4,8H2,(H,16,18). The van der Waals surface area contributed by atoms with Crippen LogP contribution in [-0.4, -0.2) is 17.6 Å². The summed E-state index contributed by atoms with van der Waals surface area (Å²) in [7, 11) is 0. The lowest BCUT2D eigenvalue weighted by Crippen LogP contribution is -2.10. The van der Waals surface area contributed by atoms with E-state index in [0.717, 1.165) is 12.0 Å². The van der Waals surface area contributed by atoms with Crippen molar-refractivity contribution in [2.75, 3.05) is 11.9 Å². The molecule has 1 aromatic carbocycles. The maximum absolute atomic E-state index is 11.8. The summed E-state index contributed by atoms with van der Waals surface area (Å²) < 4.78 is 5.03. The van der Waals surface area contributed by atoms with Gasteiger partial charge >= 0.3 is 0 Å². The van der Waals surface area contributed by atoms with Crippen LogP contribution in [0.15, 0.2) is 40.8 Å². The molecule has 1 amide bonds. The predicted octanol–water partition coefficient (Wildman–Crippen LogP) is 3.11. The minimum absolute atomic E-state index is 0.154. The fourth-order valence-electron chi connectivity index (χ4n) is 1.72. The number of aliphatic hydroxyl groups excluding tert-OH is 1. The molecule has 0 fully saturated rings. The van der Waals surface area contributed by atoms with Crippen molar-refractivity contribution in [2.24, 2.45) is 0 Å². The molecule has 0 spiro atoms. The summed E-state index contributed by atoms with van der Waals surface area (Å²) in [6, 6.07) is 10.5. The molecule has 4 nitrogen and oxygen atoms in total. The van der Waals surface area contributed by atoms with Crippen molar-refractivity contribution in [2.45, 2.75) is 12.8 Å². The Bertz CT molecular complexity index is 565. The van der Waals surface area contributed by atoms with Crippen LogP contribution < -0.4 is 5.32 Å². The molecule has 100 valence electrons. The first-order chi connectivity index (χ1) is 9.19. The van der Waals surface area contributed by atoms with Crippen molar-refractivity contribution in [1.29, 1.82) is 0 Å². The Kier molecular flexibility index (Phi) is 4.60. The molecule has 0 atom stereocenters. The largest absolute Gasteiger partial charge is 0.440 e. The van der Waals surface area contributed by atoms with E-state index in [-0.39, 0.29) is 23.5 Å². The number of halogens is 1. The van der Waals surface area contributed by atoms with E-state index in [9.17, 15) is 4.79 Å². The van der Waals surface area contributed by atoms with E-state index in [0.29, 0.717) is 12.1 Å². The van der Waals surface area contributed by atoms with Crippen LogP contribution in [0.4, 0.5) is 5.69 Å². The highest BCUT2D eigenvalue weighted by Crippen LogP contribution is 2.16. The highest BCUT2D eigenvalue weighted by Gasteiger charge is 2.10. The number of anilines is 1. The zero-order valence-electron chi connectivity index (χ0n) is 10.2. The van der Waals surface area contributed by atoms with Gasteiger partial charge in [0, 0.05) is 12.3 Å². The highest BCUT2D eigenvalue weighted by molar-refractivity contribution is 6.29. The van der Waals surface area contributed by atoms with Gasteiger partial charge in [0.2, 0.25) is 0 Å². The molecule has 0 radical (unpaired) electrons. The van der Waals surface area contributed by atoms with Gasteiger partial charge in [-0.25, -0.2) is 0 Å². The molecule has 0 aliphatic rings. The Morgan fingerprint density at radius 2 is 2.16 bits per heavy atom. The lowest BCUT2D eigenvalue weighted by atomic mass is 10.1. The Balaban J connectivity index is 2.04. The number of amides is 1. The third-order valence-electron chi connectivity index (χ3n) is 2.61. The van der Waals surface area contributed by atoms with Crippen LogP contribution >= 0.6 is 11.6 Å². The third kappa shape index (κ3) is 3.84. The number of aliphatic hydroxyl groups is 1. The van der Waals surface area contributed by atoms with Gasteiger partial charge in [0.05, 0.1) is 0 Å². The smallest absolute Gasteiger partial charge is 0.291 e. The monoisotopic (exact) mass is 279 g/mol. The van der Waals surface area contributed by atoms with Gasteiger partial charge in [0.15, 0.2) is 11.0 Å². The molecule has 19 heavy (non-hydrogen) atoms. The van der Waals surface area contributed by atoms with Crippen LogP contribution in [-0.2, 0) is 6.42 Å². The minimum Gasteiger partial charge on any atom is -0.440 e. The van der Waals surface area contributed by atoms with Crippen LogP contribution in [0, 0.1) is 0 Å². The molecular weight excluding hydrogens is 266 g/mol. The predicted molar refractivity (Wildman–Crippen MR) is 73.5 cm³/mol. The molecule has 0 aliphatic carbocycles. The van der Waals surface area contributed by atoms with Crippen LogP contribution in [0.2, 0.25) is 5.22 Å². The topological polar surface area (TPSA) is 62.5 Å². The van der Waals surface area contributed by atoms with Crippen molar-refractivity contribution in [3.05, 3.63) is 52.9 Å². The number of furan rings is 1. The first-order valence-electron chi connectivity index (χ1n) is 5.95. The number of hydrogen-bond donors (Lipinski definition) is 2. The fourth-order valence-corrected chi connectivity index (χ4v) is 1.86. The van der Waals surface area contributed by atoms with Crippen molar-refractivity contribution >= 4 is 23.2 Å². The van der Waals surface area contributed by atoms with Gasteiger partial charge in [0.25, 0.3) is 5.91 Å². The summed E-state index contributed by atoms with van der Waals surface area (Å²) in [5.74, 6) is -0.169. The summed E-state index contributed by atoms with van der Waals surface area (Å²) in [4.78, 5) is 11.8. The third-order valence-corrected chi connectivity index (χ3v) is 2.81. The van der Waals surface area contributed by atoms with Crippen LogP contribution in [0.3, 0.4) is 0 Å².